The molecule has 3 heterocycles. The molecule has 5 aromatic rings. The van der Waals surface area contributed by atoms with E-state index in [-0.39, 0.29) is 50.4 Å². The van der Waals surface area contributed by atoms with E-state index in [1.54, 1.807) is 13.0 Å². The standard InChI is InChI=1S/C15H10O7.C15H16O4/c16-7-4-10(19)12-11(5-7)22-15(14(21)13(12)20)6-1-2-8(17)9(18)3-6;1-8-3-4-10-12(18-7-8)6-13-14(15(10)17)11(16)5-9(2)19-13/h1-5,16-19,21H;5-6,8,17H,3-4,7H2,1-2H3. The Morgan fingerprint density at radius 1 is 0.780 bits per heavy atom. The topological polar surface area (TPSA) is 191 Å². The predicted molar refractivity (Wildman–Crippen MR) is 148 cm³/mol. The van der Waals surface area contributed by atoms with Crippen molar-refractivity contribution in [2.24, 2.45) is 5.92 Å². The molecule has 6 rings (SSSR count). The first-order chi connectivity index (χ1) is 19.4. The van der Waals surface area contributed by atoms with E-state index in [1.165, 1.54) is 12.1 Å². The van der Waals surface area contributed by atoms with Crippen molar-refractivity contribution in [2.45, 2.75) is 26.7 Å². The van der Waals surface area contributed by atoms with Gasteiger partial charge in [-0.1, -0.05) is 6.92 Å². The average molecular weight is 563 g/mol. The molecule has 1 aliphatic rings. The summed E-state index contributed by atoms with van der Waals surface area (Å²) in [5.74, 6) is -1.12. The predicted octanol–water partition coefficient (Wildman–Crippen LogP) is 4.76. The first-order valence-corrected chi connectivity index (χ1v) is 12.6. The van der Waals surface area contributed by atoms with Crippen LogP contribution >= 0.6 is 0 Å². The number of aromatic hydroxyl groups is 6. The number of hydrogen-bond acceptors (Lipinski definition) is 11. The van der Waals surface area contributed by atoms with Crippen molar-refractivity contribution in [1.29, 1.82) is 0 Å². The van der Waals surface area contributed by atoms with Gasteiger partial charge in [-0.2, -0.15) is 0 Å². The summed E-state index contributed by atoms with van der Waals surface area (Å²) in [6.07, 6.45) is 1.65. The minimum absolute atomic E-state index is 0.00958. The van der Waals surface area contributed by atoms with Crippen LogP contribution in [0, 0.1) is 12.8 Å². The third kappa shape index (κ3) is 5.05. The third-order valence-corrected chi connectivity index (χ3v) is 6.76. The molecule has 212 valence electrons. The van der Waals surface area contributed by atoms with Crippen LogP contribution in [0.4, 0.5) is 0 Å². The fourth-order valence-corrected chi connectivity index (χ4v) is 4.65. The van der Waals surface area contributed by atoms with E-state index in [0.29, 0.717) is 41.6 Å². The Bertz CT molecular complexity index is 1930. The molecule has 0 amide bonds. The maximum absolute atomic E-state index is 12.1. The van der Waals surface area contributed by atoms with Gasteiger partial charge in [0.2, 0.25) is 11.2 Å². The molecular weight excluding hydrogens is 536 g/mol. The second-order valence-corrected chi connectivity index (χ2v) is 9.90. The number of fused-ring (bicyclic) bond motifs is 3. The van der Waals surface area contributed by atoms with E-state index in [1.807, 2.05) is 0 Å². The molecule has 1 unspecified atom stereocenters. The fraction of sp³-hybridized carbons (Fsp3) is 0.200. The summed E-state index contributed by atoms with van der Waals surface area (Å²) in [6, 6.07) is 8.76. The molecule has 1 atom stereocenters. The molecule has 3 aromatic carbocycles. The van der Waals surface area contributed by atoms with Crippen LogP contribution in [0.5, 0.6) is 40.2 Å². The van der Waals surface area contributed by atoms with E-state index >= 15 is 0 Å². The Balaban J connectivity index is 0.000000166. The minimum Gasteiger partial charge on any atom is -0.508 e. The molecule has 11 heteroatoms. The van der Waals surface area contributed by atoms with Crippen LogP contribution in [0.25, 0.3) is 33.3 Å². The summed E-state index contributed by atoms with van der Waals surface area (Å²) in [6.45, 7) is 4.44. The summed E-state index contributed by atoms with van der Waals surface area (Å²) >= 11 is 0. The van der Waals surface area contributed by atoms with Gasteiger partial charge in [0.25, 0.3) is 0 Å². The molecule has 1 aliphatic heterocycles. The largest absolute Gasteiger partial charge is 0.508 e. The minimum atomic E-state index is -0.888. The van der Waals surface area contributed by atoms with Gasteiger partial charge in [-0.25, -0.2) is 0 Å². The Labute approximate surface area is 231 Å². The Morgan fingerprint density at radius 3 is 2.24 bits per heavy atom. The quantitative estimate of drug-likeness (QED) is 0.154. The zero-order chi connectivity index (χ0) is 29.6. The van der Waals surface area contributed by atoms with Crippen LogP contribution in [-0.4, -0.2) is 37.2 Å². The molecule has 0 spiro atoms. The lowest BCUT2D eigenvalue weighted by atomic mass is 10.00. The zero-order valence-electron chi connectivity index (χ0n) is 22.0. The fourth-order valence-electron chi connectivity index (χ4n) is 4.65. The van der Waals surface area contributed by atoms with Gasteiger partial charge < -0.3 is 44.2 Å². The second kappa shape index (κ2) is 10.3. The number of benzene rings is 3. The molecule has 0 bridgehead atoms. The number of phenols is 5. The van der Waals surface area contributed by atoms with Crippen molar-refractivity contribution < 1.29 is 44.2 Å². The van der Waals surface area contributed by atoms with Crippen molar-refractivity contribution in [3.05, 3.63) is 74.2 Å². The van der Waals surface area contributed by atoms with Gasteiger partial charge in [0, 0.05) is 35.4 Å². The lowest BCUT2D eigenvalue weighted by molar-refractivity contribution is 0.265. The smallest absolute Gasteiger partial charge is 0.238 e. The lowest BCUT2D eigenvalue weighted by Crippen LogP contribution is -2.05. The summed E-state index contributed by atoms with van der Waals surface area (Å²) < 4.78 is 16.6. The lowest BCUT2D eigenvalue weighted by Gasteiger charge is -2.11. The number of hydrogen-bond donors (Lipinski definition) is 6. The molecule has 6 N–H and O–H groups in total. The summed E-state index contributed by atoms with van der Waals surface area (Å²) in [7, 11) is 0. The highest BCUT2D eigenvalue weighted by Crippen LogP contribution is 2.39. The van der Waals surface area contributed by atoms with Crippen LogP contribution in [0.3, 0.4) is 0 Å². The molecule has 2 aromatic heterocycles. The van der Waals surface area contributed by atoms with Crippen molar-refractivity contribution in [3.63, 3.8) is 0 Å². The van der Waals surface area contributed by atoms with Gasteiger partial charge in [-0.05, 0) is 43.9 Å². The highest BCUT2D eigenvalue weighted by molar-refractivity contribution is 5.88. The monoisotopic (exact) mass is 562 g/mol. The highest BCUT2D eigenvalue weighted by Gasteiger charge is 2.22. The molecule has 11 nitrogen and oxygen atoms in total. The third-order valence-electron chi connectivity index (χ3n) is 6.76. The molecular formula is C30H26O11. The maximum Gasteiger partial charge on any atom is 0.238 e. The number of phenolic OH excluding ortho intramolecular Hbond substituents is 5. The van der Waals surface area contributed by atoms with E-state index in [9.17, 15) is 40.2 Å². The first-order valence-electron chi connectivity index (χ1n) is 12.6. The average Bonchev–Trinajstić information content (AvgIpc) is 3.09. The zero-order valence-corrected chi connectivity index (χ0v) is 22.0. The van der Waals surface area contributed by atoms with Crippen LogP contribution in [-0.2, 0) is 6.42 Å². The Hall–Kier alpha value is -5.32. The van der Waals surface area contributed by atoms with Gasteiger partial charge in [0.15, 0.2) is 22.7 Å². The Kier molecular flexibility index (Phi) is 6.87. The van der Waals surface area contributed by atoms with Gasteiger partial charge in [0.1, 0.15) is 50.7 Å². The molecule has 0 radical (unpaired) electrons. The van der Waals surface area contributed by atoms with Crippen molar-refractivity contribution in [3.8, 4) is 51.6 Å². The molecule has 0 aliphatic carbocycles. The van der Waals surface area contributed by atoms with E-state index < -0.39 is 22.7 Å². The van der Waals surface area contributed by atoms with Crippen LogP contribution in [0.15, 0.2) is 60.9 Å². The van der Waals surface area contributed by atoms with Gasteiger partial charge in [0.05, 0.1) is 6.61 Å². The van der Waals surface area contributed by atoms with Gasteiger partial charge in [-0.3, -0.25) is 9.59 Å². The SMILES string of the molecule is Cc1cc(=O)c2c(O)c3c(cc2o1)OCC(C)CC3.O=c1c(O)c(-c2ccc(O)c(O)c2)oc2cc(O)cc(O)c12. The number of ether oxygens (including phenoxy) is 1. The van der Waals surface area contributed by atoms with Crippen LogP contribution in [0.2, 0.25) is 0 Å². The normalized spacial score (nSPS) is 14.5. The summed E-state index contributed by atoms with van der Waals surface area (Å²) in [5, 5.41) is 58.2. The van der Waals surface area contributed by atoms with Crippen LogP contribution < -0.4 is 15.6 Å². The van der Waals surface area contributed by atoms with Crippen molar-refractivity contribution in [2.75, 3.05) is 6.61 Å². The first kappa shape index (κ1) is 27.3. The number of rotatable bonds is 1. The van der Waals surface area contributed by atoms with Gasteiger partial charge in [-0.15, -0.1) is 0 Å². The Morgan fingerprint density at radius 2 is 1.51 bits per heavy atom. The van der Waals surface area contributed by atoms with Crippen molar-refractivity contribution in [1.82, 2.24) is 0 Å². The second-order valence-electron chi connectivity index (χ2n) is 9.90. The summed E-state index contributed by atoms with van der Waals surface area (Å²) in [5.41, 5.74) is -0.000959. The summed E-state index contributed by atoms with van der Waals surface area (Å²) in [4.78, 5) is 24.1. The van der Waals surface area contributed by atoms with E-state index in [4.69, 9.17) is 13.6 Å². The number of aryl methyl sites for hydroxylation is 1. The molecule has 0 saturated carbocycles. The molecule has 41 heavy (non-hydrogen) atoms. The van der Waals surface area contributed by atoms with E-state index in [0.717, 1.165) is 30.7 Å². The maximum atomic E-state index is 12.1. The molecule has 0 saturated heterocycles. The van der Waals surface area contributed by atoms with Crippen LogP contribution in [0.1, 0.15) is 24.7 Å². The highest BCUT2D eigenvalue weighted by atomic mass is 16.5. The van der Waals surface area contributed by atoms with Crippen molar-refractivity contribution >= 4 is 21.9 Å². The molecule has 0 fully saturated rings. The van der Waals surface area contributed by atoms with E-state index in [2.05, 4.69) is 6.92 Å². The van der Waals surface area contributed by atoms with Gasteiger partial charge >= 0.3 is 0 Å².